The Morgan fingerprint density at radius 2 is 1.63 bits per heavy atom. The van der Waals surface area contributed by atoms with E-state index in [1.54, 1.807) is 18.3 Å². The second-order valence-corrected chi connectivity index (χ2v) is 13.1. The number of aliphatic hydroxyl groups excluding tert-OH is 2. The van der Waals surface area contributed by atoms with Crippen LogP contribution < -0.4 is 38.2 Å². The van der Waals surface area contributed by atoms with E-state index in [1.165, 1.54) is 27.8 Å². The summed E-state index contributed by atoms with van der Waals surface area (Å²) >= 11 is 0. The average Bonchev–Trinajstić information content (AvgIpc) is 3.70. The maximum atomic E-state index is 13.5. The number of rotatable bonds is 13. The molecule has 25 heteroatoms. The number of alkyl halides is 3. The molecule has 1 aliphatic heterocycles. The molecule has 3 aromatic rings. The summed E-state index contributed by atoms with van der Waals surface area (Å²) in [5.41, 5.74) is 5.52. The maximum absolute atomic E-state index is 13.5. The zero-order chi connectivity index (χ0) is 44.5. The first-order chi connectivity index (χ1) is 27.4. The molecule has 12 N–H and O–H groups in total. The van der Waals surface area contributed by atoms with Gasteiger partial charge in [0.1, 0.15) is 36.1 Å². The zero-order valence-corrected chi connectivity index (χ0v) is 31.5. The topological polar surface area (TPSA) is 341 Å². The third-order valence-corrected chi connectivity index (χ3v) is 8.74. The van der Waals surface area contributed by atoms with Gasteiger partial charge < -0.3 is 62.0 Å². The van der Waals surface area contributed by atoms with Gasteiger partial charge in [-0.15, -0.1) is 0 Å². The number of carbonyl (C=O) groups excluding carboxylic acids is 4. The maximum Gasteiger partial charge on any atom is 0.490 e. The number of carbonyl (C=O) groups is 6. The molecule has 8 atom stereocenters. The van der Waals surface area contributed by atoms with E-state index in [1.807, 2.05) is 17.1 Å². The molecule has 0 spiro atoms. The standard InChI is InChI=1S/C32H41N9O11.C2HF3O2/c1-14(33)28(47)40(4)16(3)23(27(46)35-13-21-24(43)25(44)29(52-21)41-10-9-22(42)38-32(41)51)39-26(45)15(2)36-31(50)37-20(30(48)49)11-17-12-34-19-8-6-5-7-18(17)19;3-2(4,5)1(6)7/h5-10,12-16,20,23-25,29,34,43-44H,11,33H2,1-4H3,(H,35,46)(H,39,45)(H,48,49)(H2,36,37,50)(H,38,42,51);(H,6,7)/b21-13-;/t14-,15-,16+,20-,23?,24+,25+,29+;/m0./s1. The number of aromatic amines is 2. The van der Waals surface area contributed by atoms with Crippen LogP contribution in [0.1, 0.15) is 32.6 Å². The van der Waals surface area contributed by atoms with Gasteiger partial charge in [0, 0.05) is 49.0 Å². The molecule has 5 amide bonds. The number of hydrogen-bond acceptors (Lipinski definition) is 12. The number of amides is 5. The molecule has 322 valence electrons. The first-order valence-corrected chi connectivity index (χ1v) is 17.3. The number of halogens is 3. The van der Waals surface area contributed by atoms with Gasteiger partial charge in [-0.05, 0) is 32.4 Å². The third kappa shape index (κ3) is 12.1. The van der Waals surface area contributed by atoms with Gasteiger partial charge in [-0.25, -0.2) is 19.2 Å². The summed E-state index contributed by atoms with van der Waals surface area (Å²) in [6.07, 6.45) is -6.49. The predicted octanol–water partition coefficient (Wildman–Crippen LogP) is -2.08. The van der Waals surface area contributed by atoms with E-state index in [2.05, 4.69) is 26.3 Å². The third-order valence-electron chi connectivity index (χ3n) is 8.74. The summed E-state index contributed by atoms with van der Waals surface area (Å²) in [7, 11) is 1.35. The monoisotopic (exact) mass is 841 g/mol. The number of carboxylic acids is 2. The molecule has 59 heavy (non-hydrogen) atoms. The molecule has 3 heterocycles. The lowest BCUT2D eigenvalue weighted by Crippen LogP contribution is -2.61. The Morgan fingerprint density at radius 1 is 1.00 bits per heavy atom. The van der Waals surface area contributed by atoms with Crippen LogP contribution in [0.2, 0.25) is 0 Å². The van der Waals surface area contributed by atoms with Crippen molar-refractivity contribution in [3.05, 3.63) is 81.1 Å². The molecular weight excluding hydrogens is 799 g/mol. The van der Waals surface area contributed by atoms with E-state index in [0.29, 0.717) is 5.56 Å². The molecule has 1 unspecified atom stereocenters. The van der Waals surface area contributed by atoms with Gasteiger partial charge in [-0.2, -0.15) is 13.2 Å². The number of carboxylic acid groups (broad SMARTS) is 2. The molecular formula is C34H42F3N9O13. The van der Waals surface area contributed by atoms with Gasteiger partial charge in [-0.1, -0.05) is 18.2 Å². The van der Waals surface area contributed by atoms with Crippen LogP contribution in [0, 0.1) is 0 Å². The summed E-state index contributed by atoms with van der Waals surface area (Å²) in [4.78, 5) is 103. The van der Waals surface area contributed by atoms with Crippen LogP contribution in [-0.4, -0.2) is 131 Å². The van der Waals surface area contributed by atoms with E-state index in [9.17, 15) is 62.1 Å². The van der Waals surface area contributed by atoms with Crippen molar-refractivity contribution in [2.45, 2.75) is 82.0 Å². The molecule has 1 aliphatic rings. The van der Waals surface area contributed by atoms with Crippen LogP contribution >= 0.6 is 0 Å². The summed E-state index contributed by atoms with van der Waals surface area (Å²) in [6, 6.07) is 0.994. The number of nitrogens with zero attached hydrogens (tertiary/aromatic N) is 2. The highest BCUT2D eigenvalue weighted by Crippen LogP contribution is 2.30. The number of aliphatic hydroxyl groups is 2. The predicted molar refractivity (Wildman–Crippen MR) is 196 cm³/mol. The summed E-state index contributed by atoms with van der Waals surface area (Å²) in [6.45, 7) is 4.14. The number of nitrogens with one attached hydrogen (secondary N) is 6. The smallest absolute Gasteiger partial charge is 0.480 e. The fraction of sp³-hybridized carbons (Fsp3) is 0.412. The van der Waals surface area contributed by atoms with Crippen LogP contribution in [0.4, 0.5) is 18.0 Å². The van der Waals surface area contributed by atoms with Gasteiger partial charge in [0.2, 0.25) is 23.9 Å². The van der Waals surface area contributed by atoms with Crippen LogP contribution in [0.5, 0.6) is 0 Å². The first-order valence-electron chi connectivity index (χ1n) is 17.3. The van der Waals surface area contributed by atoms with Crippen LogP contribution in [0.25, 0.3) is 10.9 Å². The molecule has 2 aromatic heterocycles. The number of likely N-dealkylation sites (N-methyl/N-ethyl adjacent to an activating group) is 1. The molecule has 0 saturated carbocycles. The zero-order valence-electron chi connectivity index (χ0n) is 31.5. The number of aliphatic carboxylic acids is 2. The molecule has 0 aliphatic carbocycles. The number of urea groups is 1. The molecule has 1 fully saturated rings. The number of para-hydroxylation sites is 1. The minimum atomic E-state index is -5.08. The summed E-state index contributed by atoms with van der Waals surface area (Å²) < 4.78 is 38.0. The summed E-state index contributed by atoms with van der Waals surface area (Å²) in [5.74, 6) is -6.87. The van der Waals surface area contributed by atoms with Crippen molar-refractivity contribution in [1.82, 2.24) is 40.7 Å². The average molecular weight is 842 g/mol. The largest absolute Gasteiger partial charge is 0.490 e. The Balaban J connectivity index is 0.00000122. The lowest BCUT2D eigenvalue weighted by atomic mass is 10.1. The number of hydrogen-bond donors (Lipinski definition) is 11. The molecule has 1 saturated heterocycles. The Kier molecular flexibility index (Phi) is 15.5. The van der Waals surface area contributed by atoms with E-state index in [-0.39, 0.29) is 12.2 Å². The lowest BCUT2D eigenvalue weighted by molar-refractivity contribution is -0.192. The van der Waals surface area contributed by atoms with E-state index >= 15 is 0 Å². The van der Waals surface area contributed by atoms with Gasteiger partial charge in [0.15, 0.2) is 0 Å². The highest BCUT2D eigenvalue weighted by molar-refractivity contribution is 5.93. The molecule has 1 aromatic carbocycles. The Morgan fingerprint density at radius 3 is 2.20 bits per heavy atom. The second kappa shape index (κ2) is 19.6. The minimum Gasteiger partial charge on any atom is -0.480 e. The van der Waals surface area contributed by atoms with Crippen molar-refractivity contribution in [1.29, 1.82) is 0 Å². The van der Waals surface area contributed by atoms with Crippen molar-refractivity contribution in [2.24, 2.45) is 5.73 Å². The van der Waals surface area contributed by atoms with Crippen LogP contribution in [0.15, 0.2) is 64.3 Å². The Bertz CT molecular complexity index is 2190. The van der Waals surface area contributed by atoms with Gasteiger partial charge >= 0.3 is 29.8 Å². The summed E-state index contributed by atoms with van der Waals surface area (Å²) in [5, 5.41) is 48.2. The molecule has 0 bridgehead atoms. The van der Waals surface area contributed by atoms with Crippen molar-refractivity contribution in [3.63, 3.8) is 0 Å². The fourth-order valence-corrected chi connectivity index (χ4v) is 5.42. The lowest BCUT2D eigenvalue weighted by Gasteiger charge is -2.33. The number of benzene rings is 1. The van der Waals surface area contributed by atoms with Crippen molar-refractivity contribution < 1.29 is 67.1 Å². The van der Waals surface area contributed by atoms with Crippen molar-refractivity contribution in [3.8, 4) is 0 Å². The molecule has 0 radical (unpaired) electrons. The number of ether oxygens (including phenoxy) is 1. The van der Waals surface area contributed by atoms with Crippen LogP contribution in [0.3, 0.4) is 0 Å². The number of fused-ring (bicyclic) bond motifs is 1. The number of aromatic nitrogens is 3. The van der Waals surface area contributed by atoms with Crippen molar-refractivity contribution in [2.75, 3.05) is 7.05 Å². The second-order valence-electron chi connectivity index (χ2n) is 13.1. The molecule has 4 rings (SSSR count). The minimum absolute atomic E-state index is 0.0691. The number of H-pyrrole nitrogens is 2. The van der Waals surface area contributed by atoms with Gasteiger partial charge in [0.05, 0.1) is 12.1 Å². The quantitative estimate of drug-likeness (QED) is 0.0881. The van der Waals surface area contributed by atoms with E-state index in [4.69, 9.17) is 20.4 Å². The molecule has 22 nitrogen and oxygen atoms in total. The number of nitrogens with two attached hydrogens (primary N) is 1. The van der Waals surface area contributed by atoms with Crippen molar-refractivity contribution >= 4 is 46.6 Å². The normalized spacial score (nSPS) is 19.4. The van der Waals surface area contributed by atoms with E-state index in [0.717, 1.165) is 38.8 Å². The highest BCUT2D eigenvalue weighted by Gasteiger charge is 2.42. The first kappa shape index (κ1) is 46.7. The van der Waals surface area contributed by atoms with Gasteiger partial charge in [0.25, 0.3) is 5.56 Å². The Hall–Kier alpha value is -6.73. The van der Waals surface area contributed by atoms with Crippen LogP contribution in [-0.2, 0) is 35.1 Å². The Labute approximate surface area is 330 Å². The van der Waals surface area contributed by atoms with Gasteiger partial charge in [-0.3, -0.25) is 28.7 Å². The highest BCUT2D eigenvalue weighted by atomic mass is 19.4. The SMILES string of the molecule is C[C@H](N)C(=O)N(C)[C@H](C)C(NC(=O)[C@H](C)NC(=O)N[C@@H](Cc1c[nH]c2ccccc12)C(=O)O)C(=O)N/C=C1\O[C@@H](n2ccc(=O)[nH]c2=O)[C@H](O)[C@@H]1O.O=C(O)C(F)(F)F. The fourth-order valence-electron chi connectivity index (χ4n) is 5.42. The van der Waals surface area contributed by atoms with E-state index < -0.39 is 102 Å².